The largest absolute Gasteiger partial charge is 0.255 e. The summed E-state index contributed by atoms with van der Waals surface area (Å²) in [6.45, 7) is 6.29. The quantitative estimate of drug-likeness (QED) is 0.649. The van der Waals surface area contributed by atoms with Crippen LogP contribution < -0.4 is 0 Å². The van der Waals surface area contributed by atoms with Crippen LogP contribution in [-0.4, -0.2) is 15.0 Å². The molecule has 0 atom stereocenters. The maximum atomic E-state index is 4.73. The lowest BCUT2D eigenvalue weighted by Gasteiger charge is -2.08. The number of hydrogen-bond acceptors (Lipinski definition) is 3. The monoisotopic (exact) mass is 313 g/mol. The average molecular weight is 313 g/mol. The van der Waals surface area contributed by atoms with Crippen molar-refractivity contribution in [3.63, 3.8) is 0 Å². The first-order valence-electron chi connectivity index (χ1n) is 7.89. The van der Waals surface area contributed by atoms with Gasteiger partial charge in [-0.2, -0.15) is 0 Å². The van der Waals surface area contributed by atoms with Gasteiger partial charge in [0.25, 0.3) is 0 Å². The van der Waals surface area contributed by atoms with E-state index in [-0.39, 0.29) is 5.41 Å². The highest BCUT2D eigenvalue weighted by molar-refractivity contribution is 5.65. The van der Waals surface area contributed by atoms with Crippen molar-refractivity contribution in [2.45, 2.75) is 20.8 Å². The second-order valence-corrected chi connectivity index (χ2v) is 6.56. The Morgan fingerprint density at radius 1 is 0.750 bits per heavy atom. The number of pyridine rings is 3. The molecule has 0 amide bonds. The summed E-state index contributed by atoms with van der Waals surface area (Å²) in [5, 5.41) is 0. The molecule has 0 fully saturated rings. The second-order valence-electron chi connectivity index (χ2n) is 6.56. The van der Waals surface area contributed by atoms with Crippen molar-refractivity contribution in [1.29, 1.82) is 0 Å². The lowest BCUT2D eigenvalue weighted by Crippen LogP contribution is -2.00. The Balaban J connectivity index is 2.14. The predicted octanol–water partition coefficient (Wildman–Crippen LogP) is 4.60. The standard InChI is InChI=1S/C21H19N3/c1-21(2,3)11-10-16-14-19(17-8-4-6-12-22-17)24-20(15-16)18-9-5-7-13-23-18/h4-9,12-15H,1-3H3. The van der Waals surface area contributed by atoms with Crippen molar-refractivity contribution in [2.24, 2.45) is 5.41 Å². The Labute approximate surface area is 142 Å². The van der Waals surface area contributed by atoms with Crippen LogP contribution in [0.5, 0.6) is 0 Å². The van der Waals surface area contributed by atoms with Crippen molar-refractivity contribution >= 4 is 0 Å². The summed E-state index contributed by atoms with van der Waals surface area (Å²) in [5.74, 6) is 6.54. The average Bonchev–Trinajstić information content (AvgIpc) is 2.61. The van der Waals surface area contributed by atoms with Gasteiger partial charge in [-0.05, 0) is 57.2 Å². The van der Waals surface area contributed by atoms with Crippen LogP contribution in [0.25, 0.3) is 22.8 Å². The first-order chi connectivity index (χ1) is 11.5. The Morgan fingerprint density at radius 2 is 1.29 bits per heavy atom. The van der Waals surface area contributed by atoms with Crippen LogP contribution in [0.3, 0.4) is 0 Å². The van der Waals surface area contributed by atoms with Gasteiger partial charge in [-0.3, -0.25) is 9.97 Å². The summed E-state index contributed by atoms with van der Waals surface area (Å²) in [4.78, 5) is 13.5. The molecule has 3 aromatic rings. The molecule has 3 nitrogen and oxygen atoms in total. The van der Waals surface area contributed by atoms with E-state index in [1.165, 1.54) is 0 Å². The van der Waals surface area contributed by atoms with Gasteiger partial charge in [0.1, 0.15) is 0 Å². The predicted molar refractivity (Wildman–Crippen MR) is 97.0 cm³/mol. The topological polar surface area (TPSA) is 38.7 Å². The van der Waals surface area contributed by atoms with Crippen LogP contribution in [0.4, 0.5) is 0 Å². The zero-order chi connectivity index (χ0) is 17.0. The third kappa shape index (κ3) is 4.05. The molecule has 118 valence electrons. The highest BCUT2D eigenvalue weighted by atomic mass is 14.8. The third-order valence-corrected chi connectivity index (χ3v) is 3.26. The van der Waals surface area contributed by atoms with E-state index in [1.807, 2.05) is 48.5 Å². The molecular formula is C21H19N3. The van der Waals surface area contributed by atoms with E-state index in [2.05, 4.69) is 42.6 Å². The van der Waals surface area contributed by atoms with E-state index in [0.29, 0.717) is 0 Å². The van der Waals surface area contributed by atoms with Gasteiger partial charge in [-0.1, -0.05) is 24.0 Å². The number of hydrogen-bond donors (Lipinski definition) is 0. The fraction of sp³-hybridized carbons (Fsp3) is 0.190. The number of rotatable bonds is 2. The fourth-order valence-electron chi connectivity index (χ4n) is 2.15. The Hall–Kier alpha value is -2.99. The van der Waals surface area contributed by atoms with Gasteiger partial charge >= 0.3 is 0 Å². The van der Waals surface area contributed by atoms with Crippen molar-refractivity contribution in [1.82, 2.24) is 15.0 Å². The lowest BCUT2D eigenvalue weighted by molar-refractivity contribution is 0.571. The maximum Gasteiger partial charge on any atom is 0.0906 e. The van der Waals surface area contributed by atoms with Gasteiger partial charge in [-0.15, -0.1) is 0 Å². The normalized spacial score (nSPS) is 10.8. The van der Waals surface area contributed by atoms with Gasteiger partial charge in [0.2, 0.25) is 0 Å². The number of nitrogens with zero attached hydrogens (tertiary/aromatic N) is 3. The van der Waals surface area contributed by atoms with Crippen molar-refractivity contribution in [3.8, 4) is 34.6 Å². The van der Waals surface area contributed by atoms with E-state index < -0.39 is 0 Å². The zero-order valence-corrected chi connectivity index (χ0v) is 14.1. The summed E-state index contributed by atoms with van der Waals surface area (Å²) in [6.07, 6.45) is 3.54. The van der Waals surface area contributed by atoms with Crippen LogP contribution in [-0.2, 0) is 0 Å². The van der Waals surface area contributed by atoms with E-state index in [1.54, 1.807) is 12.4 Å². The second kappa shape index (κ2) is 6.64. The molecule has 0 aliphatic rings. The summed E-state index contributed by atoms with van der Waals surface area (Å²) >= 11 is 0. The number of aromatic nitrogens is 3. The van der Waals surface area contributed by atoms with Crippen molar-refractivity contribution in [2.75, 3.05) is 0 Å². The van der Waals surface area contributed by atoms with Gasteiger partial charge in [0.15, 0.2) is 0 Å². The van der Waals surface area contributed by atoms with Gasteiger partial charge in [0, 0.05) is 23.4 Å². The van der Waals surface area contributed by atoms with Crippen LogP contribution in [0.15, 0.2) is 60.9 Å². The lowest BCUT2D eigenvalue weighted by atomic mass is 9.97. The first kappa shape index (κ1) is 15.9. The Morgan fingerprint density at radius 3 is 1.71 bits per heavy atom. The minimum absolute atomic E-state index is 0.0560. The summed E-state index contributed by atoms with van der Waals surface area (Å²) in [7, 11) is 0. The minimum Gasteiger partial charge on any atom is -0.255 e. The van der Waals surface area contributed by atoms with Crippen LogP contribution >= 0.6 is 0 Å². The van der Waals surface area contributed by atoms with Gasteiger partial charge < -0.3 is 0 Å². The van der Waals surface area contributed by atoms with Gasteiger partial charge in [-0.25, -0.2) is 4.98 Å². The molecule has 3 heterocycles. The zero-order valence-electron chi connectivity index (χ0n) is 14.1. The maximum absolute atomic E-state index is 4.73. The smallest absolute Gasteiger partial charge is 0.0906 e. The molecule has 0 saturated carbocycles. The third-order valence-electron chi connectivity index (χ3n) is 3.26. The molecule has 0 aliphatic carbocycles. The van der Waals surface area contributed by atoms with E-state index in [4.69, 9.17) is 4.98 Å². The molecule has 0 bridgehead atoms. The molecular weight excluding hydrogens is 294 g/mol. The van der Waals surface area contributed by atoms with E-state index >= 15 is 0 Å². The Kier molecular flexibility index (Phi) is 4.39. The van der Waals surface area contributed by atoms with Gasteiger partial charge in [0.05, 0.1) is 22.8 Å². The molecule has 24 heavy (non-hydrogen) atoms. The van der Waals surface area contributed by atoms with Crippen LogP contribution in [0, 0.1) is 17.3 Å². The summed E-state index contributed by atoms with van der Waals surface area (Å²) in [6, 6.07) is 15.6. The molecule has 0 saturated heterocycles. The molecule has 0 spiro atoms. The molecule has 0 aromatic carbocycles. The molecule has 0 unspecified atom stereocenters. The van der Waals surface area contributed by atoms with Crippen LogP contribution in [0.2, 0.25) is 0 Å². The summed E-state index contributed by atoms with van der Waals surface area (Å²) < 4.78 is 0. The fourth-order valence-corrected chi connectivity index (χ4v) is 2.15. The molecule has 0 radical (unpaired) electrons. The Bertz CT molecular complexity index is 825. The van der Waals surface area contributed by atoms with Crippen molar-refractivity contribution < 1.29 is 0 Å². The highest BCUT2D eigenvalue weighted by Gasteiger charge is 2.09. The molecule has 3 aromatic heterocycles. The van der Waals surface area contributed by atoms with Crippen molar-refractivity contribution in [3.05, 3.63) is 66.5 Å². The molecule has 3 rings (SSSR count). The minimum atomic E-state index is -0.0560. The first-order valence-corrected chi connectivity index (χ1v) is 7.89. The SMILES string of the molecule is CC(C)(C)C#Cc1cc(-c2ccccn2)nc(-c2ccccn2)c1. The molecule has 3 heteroatoms. The molecule has 0 aliphatic heterocycles. The van der Waals surface area contributed by atoms with Crippen LogP contribution in [0.1, 0.15) is 26.3 Å². The van der Waals surface area contributed by atoms with E-state index in [0.717, 1.165) is 28.3 Å². The van der Waals surface area contributed by atoms with E-state index in [9.17, 15) is 0 Å². The highest BCUT2D eigenvalue weighted by Crippen LogP contribution is 2.22. The summed E-state index contributed by atoms with van der Waals surface area (Å²) in [5.41, 5.74) is 4.12. The molecule has 0 N–H and O–H groups in total.